The molecule has 3 rings (SSSR count). The van der Waals surface area contributed by atoms with Gasteiger partial charge in [-0.1, -0.05) is 13.0 Å². The van der Waals surface area contributed by atoms with Crippen molar-refractivity contribution in [2.75, 3.05) is 25.5 Å². The van der Waals surface area contributed by atoms with Gasteiger partial charge in [0, 0.05) is 25.3 Å². The maximum atomic E-state index is 14.1. The number of halogens is 4. The second-order valence-electron chi connectivity index (χ2n) is 7.39. The van der Waals surface area contributed by atoms with Crippen molar-refractivity contribution in [1.82, 2.24) is 9.88 Å². The second kappa shape index (κ2) is 8.89. The highest BCUT2D eigenvalue weighted by Crippen LogP contribution is 2.34. The van der Waals surface area contributed by atoms with Crippen LogP contribution in [0.5, 0.6) is 5.75 Å². The Bertz CT molecular complexity index is 904. The largest absolute Gasteiger partial charge is 0.493 e. The van der Waals surface area contributed by atoms with E-state index in [1.54, 1.807) is 4.90 Å². The molecule has 5 nitrogen and oxygen atoms in total. The molecule has 162 valence electrons. The topological polar surface area (TPSA) is 54.5 Å². The van der Waals surface area contributed by atoms with Crippen LogP contribution in [0.25, 0.3) is 0 Å². The smallest absolute Gasteiger partial charge is 0.419 e. The predicted molar refractivity (Wildman–Crippen MR) is 104 cm³/mol. The van der Waals surface area contributed by atoms with Gasteiger partial charge in [-0.15, -0.1) is 0 Å². The number of likely N-dealkylation sites (tertiary alicyclic amines) is 1. The van der Waals surface area contributed by atoms with E-state index in [1.165, 1.54) is 37.6 Å². The maximum absolute atomic E-state index is 14.1. The molecule has 2 atom stereocenters. The Morgan fingerprint density at radius 3 is 2.73 bits per heavy atom. The third-order valence-corrected chi connectivity index (χ3v) is 5.22. The lowest BCUT2D eigenvalue weighted by molar-refractivity contribution is -0.137. The van der Waals surface area contributed by atoms with Gasteiger partial charge in [-0.05, 0) is 43.0 Å². The molecule has 0 unspecified atom stereocenters. The van der Waals surface area contributed by atoms with Gasteiger partial charge in [-0.3, -0.25) is 4.79 Å². The predicted octanol–water partition coefficient (Wildman–Crippen LogP) is 4.60. The Balaban J connectivity index is 1.83. The number of hydrogen-bond donors (Lipinski definition) is 1. The van der Waals surface area contributed by atoms with Crippen LogP contribution in [0, 0.1) is 11.7 Å². The van der Waals surface area contributed by atoms with E-state index in [4.69, 9.17) is 4.74 Å². The van der Waals surface area contributed by atoms with E-state index in [1.807, 2.05) is 6.92 Å². The molecular formula is C21H23F4N3O2. The van der Waals surface area contributed by atoms with E-state index in [0.717, 1.165) is 12.5 Å². The summed E-state index contributed by atoms with van der Waals surface area (Å²) in [6, 6.07) is 5.92. The molecule has 1 N–H and O–H groups in total. The molecule has 9 heteroatoms. The number of para-hydroxylation sites is 1. The summed E-state index contributed by atoms with van der Waals surface area (Å²) in [5, 5.41) is 2.75. The van der Waals surface area contributed by atoms with Crippen LogP contribution in [0.4, 0.5) is 23.4 Å². The summed E-state index contributed by atoms with van der Waals surface area (Å²) in [7, 11) is 1.28. The number of pyridine rings is 1. The summed E-state index contributed by atoms with van der Waals surface area (Å²) in [4.78, 5) is 18.6. The quantitative estimate of drug-likeness (QED) is 0.712. The van der Waals surface area contributed by atoms with Gasteiger partial charge in [0.05, 0.1) is 18.2 Å². The van der Waals surface area contributed by atoms with Crippen molar-refractivity contribution in [2.24, 2.45) is 5.92 Å². The monoisotopic (exact) mass is 425 g/mol. The molecule has 0 saturated carbocycles. The Kier molecular flexibility index (Phi) is 6.48. The summed E-state index contributed by atoms with van der Waals surface area (Å²) in [6.45, 7) is 2.50. The summed E-state index contributed by atoms with van der Waals surface area (Å²) in [5.41, 5.74) is -0.774. The summed E-state index contributed by atoms with van der Waals surface area (Å²) in [6.07, 6.45) is -1.83. The third kappa shape index (κ3) is 4.66. The zero-order chi connectivity index (χ0) is 21.9. The Hall–Kier alpha value is -2.84. The number of piperidine rings is 1. The van der Waals surface area contributed by atoms with Crippen LogP contribution in [0.3, 0.4) is 0 Å². The van der Waals surface area contributed by atoms with Gasteiger partial charge in [0.15, 0.2) is 11.6 Å². The number of nitrogens with one attached hydrogen (secondary N) is 1. The van der Waals surface area contributed by atoms with E-state index in [9.17, 15) is 22.4 Å². The summed E-state index contributed by atoms with van der Waals surface area (Å²) in [5.74, 6) is -1.27. The highest BCUT2D eigenvalue weighted by molar-refractivity contribution is 5.97. The first kappa shape index (κ1) is 21.9. The number of rotatable bonds is 5. The van der Waals surface area contributed by atoms with Crippen molar-refractivity contribution in [3.8, 4) is 5.75 Å². The molecule has 1 aliphatic rings. The highest BCUT2D eigenvalue weighted by Gasteiger charge is 2.36. The van der Waals surface area contributed by atoms with Crippen LogP contribution in [-0.4, -0.2) is 42.0 Å². The van der Waals surface area contributed by atoms with Crippen LogP contribution in [0.2, 0.25) is 0 Å². The van der Waals surface area contributed by atoms with Crippen LogP contribution in [-0.2, 0) is 6.18 Å². The SMILES string of the molecule is COc1c(F)cccc1C(=O)N1C[C@@H](C)CC[C@H]1CNc1ncccc1C(F)(F)F. The van der Waals surface area contributed by atoms with Gasteiger partial charge >= 0.3 is 6.18 Å². The van der Waals surface area contributed by atoms with Crippen LogP contribution in [0.15, 0.2) is 36.5 Å². The zero-order valence-corrected chi connectivity index (χ0v) is 16.7. The molecule has 0 bridgehead atoms. The Morgan fingerprint density at radius 1 is 1.27 bits per heavy atom. The fourth-order valence-corrected chi connectivity index (χ4v) is 3.70. The molecule has 1 fully saturated rings. The number of alkyl halides is 3. The number of amides is 1. The lowest BCUT2D eigenvalue weighted by Crippen LogP contribution is -2.49. The molecule has 1 amide bonds. The number of benzene rings is 1. The number of ether oxygens (including phenoxy) is 1. The van der Waals surface area contributed by atoms with Gasteiger partial charge in [0.2, 0.25) is 0 Å². The van der Waals surface area contributed by atoms with Gasteiger partial charge in [-0.25, -0.2) is 9.37 Å². The number of nitrogens with zero attached hydrogens (tertiary/aromatic N) is 2. The third-order valence-electron chi connectivity index (χ3n) is 5.22. The average molecular weight is 425 g/mol. The van der Waals surface area contributed by atoms with E-state index >= 15 is 0 Å². The standard InChI is InChI=1S/C21H23F4N3O2/c1-13-8-9-14(11-27-19-16(21(23,24)25)6-4-10-26-19)28(12-13)20(29)15-5-3-7-17(22)18(15)30-2/h3-7,10,13-14H,8-9,11-12H2,1-2H3,(H,26,27)/t13-,14-/m0/s1. The highest BCUT2D eigenvalue weighted by atomic mass is 19.4. The minimum atomic E-state index is -4.54. The summed E-state index contributed by atoms with van der Waals surface area (Å²) < 4.78 is 58.8. The molecule has 1 aromatic heterocycles. The minimum Gasteiger partial charge on any atom is -0.493 e. The van der Waals surface area contributed by atoms with E-state index in [0.29, 0.717) is 13.0 Å². The maximum Gasteiger partial charge on any atom is 0.419 e. The van der Waals surface area contributed by atoms with Crippen molar-refractivity contribution in [3.05, 3.63) is 53.5 Å². The number of carbonyl (C=O) groups is 1. The van der Waals surface area contributed by atoms with Gasteiger partial charge in [-0.2, -0.15) is 13.2 Å². The van der Waals surface area contributed by atoms with E-state index in [2.05, 4.69) is 10.3 Å². The lowest BCUT2D eigenvalue weighted by Gasteiger charge is -2.39. The lowest BCUT2D eigenvalue weighted by atomic mass is 9.93. The molecule has 2 aromatic rings. The van der Waals surface area contributed by atoms with Crippen LogP contribution >= 0.6 is 0 Å². The van der Waals surface area contributed by atoms with Crippen LogP contribution < -0.4 is 10.1 Å². The molecule has 1 saturated heterocycles. The molecule has 30 heavy (non-hydrogen) atoms. The number of methoxy groups -OCH3 is 1. The first-order chi connectivity index (χ1) is 14.2. The van der Waals surface area contributed by atoms with Gasteiger partial charge in [0.25, 0.3) is 5.91 Å². The Morgan fingerprint density at radius 2 is 2.03 bits per heavy atom. The Labute approximate surface area is 172 Å². The molecule has 0 radical (unpaired) electrons. The molecule has 2 heterocycles. The van der Waals surface area contributed by atoms with Crippen molar-refractivity contribution >= 4 is 11.7 Å². The first-order valence-corrected chi connectivity index (χ1v) is 9.62. The molecule has 1 aromatic carbocycles. The molecule has 1 aliphatic heterocycles. The molecular weight excluding hydrogens is 402 g/mol. The van der Waals surface area contributed by atoms with Crippen molar-refractivity contribution in [1.29, 1.82) is 0 Å². The second-order valence-corrected chi connectivity index (χ2v) is 7.39. The van der Waals surface area contributed by atoms with Crippen molar-refractivity contribution in [2.45, 2.75) is 32.0 Å². The number of aromatic nitrogens is 1. The van der Waals surface area contributed by atoms with E-state index in [-0.39, 0.29) is 35.6 Å². The fraction of sp³-hybridized carbons (Fsp3) is 0.429. The normalized spacial score (nSPS) is 19.5. The zero-order valence-electron chi connectivity index (χ0n) is 16.7. The van der Waals surface area contributed by atoms with Gasteiger partial charge < -0.3 is 15.0 Å². The molecule has 0 aliphatic carbocycles. The molecule has 0 spiro atoms. The van der Waals surface area contributed by atoms with Crippen LogP contribution in [0.1, 0.15) is 35.7 Å². The van der Waals surface area contributed by atoms with Crippen molar-refractivity contribution in [3.63, 3.8) is 0 Å². The minimum absolute atomic E-state index is 0.0883. The van der Waals surface area contributed by atoms with E-state index < -0.39 is 23.5 Å². The number of hydrogen-bond acceptors (Lipinski definition) is 4. The van der Waals surface area contributed by atoms with Gasteiger partial charge in [0.1, 0.15) is 5.82 Å². The average Bonchev–Trinajstić information content (AvgIpc) is 2.71. The van der Waals surface area contributed by atoms with Crippen molar-refractivity contribution < 1.29 is 27.1 Å². The number of anilines is 1. The first-order valence-electron chi connectivity index (χ1n) is 9.62. The number of carbonyl (C=O) groups excluding carboxylic acids is 1. The summed E-state index contributed by atoms with van der Waals surface area (Å²) >= 11 is 0. The fourth-order valence-electron chi connectivity index (χ4n) is 3.70.